The molecule has 0 saturated heterocycles. The zero-order valence-corrected chi connectivity index (χ0v) is 9.71. The van der Waals surface area contributed by atoms with Gasteiger partial charge in [0.25, 0.3) is 0 Å². The molecule has 0 spiro atoms. The van der Waals surface area contributed by atoms with Gasteiger partial charge >= 0.3 is 6.18 Å². The Morgan fingerprint density at radius 2 is 1.80 bits per heavy atom. The van der Waals surface area contributed by atoms with Crippen LogP contribution in [0.4, 0.5) is 27.8 Å². The average Bonchev–Trinajstić information content (AvgIpc) is 2.33. The van der Waals surface area contributed by atoms with Crippen LogP contribution in [0.1, 0.15) is 5.56 Å². The standard InChI is InChI=1S/C12H7F5N2O/c13-7-2-1-3-8(11(7)14)20-10-5-6(12(15,16)17)4-9(18)19-10/h1-5H,(H2,18,19). The van der Waals surface area contributed by atoms with E-state index in [1.54, 1.807) is 0 Å². The maximum Gasteiger partial charge on any atom is 0.416 e. The maximum atomic E-state index is 13.3. The molecule has 106 valence electrons. The number of nitrogen functional groups attached to an aromatic ring is 1. The number of pyridine rings is 1. The summed E-state index contributed by atoms with van der Waals surface area (Å²) in [5.74, 6) is -4.14. The van der Waals surface area contributed by atoms with E-state index in [4.69, 9.17) is 10.5 Å². The maximum absolute atomic E-state index is 13.3. The molecule has 0 aliphatic heterocycles. The molecule has 20 heavy (non-hydrogen) atoms. The minimum absolute atomic E-state index is 0.452. The van der Waals surface area contributed by atoms with Crippen molar-refractivity contribution in [2.24, 2.45) is 0 Å². The van der Waals surface area contributed by atoms with Crippen LogP contribution < -0.4 is 10.5 Å². The molecule has 0 unspecified atom stereocenters. The van der Waals surface area contributed by atoms with Crippen molar-refractivity contribution >= 4 is 5.82 Å². The highest BCUT2D eigenvalue weighted by molar-refractivity contribution is 5.40. The molecular formula is C12H7F5N2O. The molecular weight excluding hydrogens is 283 g/mol. The lowest BCUT2D eigenvalue weighted by molar-refractivity contribution is -0.137. The third-order valence-electron chi connectivity index (χ3n) is 2.28. The first-order valence-corrected chi connectivity index (χ1v) is 5.24. The summed E-state index contributed by atoms with van der Waals surface area (Å²) in [4.78, 5) is 3.48. The lowest BCUT2D eigenvalue weighted by Crippen LogP contribution is -2.07. The smallest absolute Gasteiger partial charge is 0.416 e. The molecule has 3 nitrogen and oxygen atoms in total. The van der Waals surface area contributed by atoms with Gasteiger partial charge in [0, 0.05) is 6.07 Å². The van der Waals surface area contributed by atoms with E-state index in [1.807, 2.05) is 0 Å². The van der Waals surface area contributed by atoms with Gasteiger partial charge in [0.1, 0.15) is 5.82 Å². The number of halogens is 5. The van der Waals surface area contributed by atoms with E-state index in [1.165, 1.54) is 0 Å². The minimum Gasteiger partial charge on any atom is -0.436 e. The molecule has 0 saturated carbocycles. The van der Waals surface area contributed by atoms with Crippen LogP contribution >= 0.6 is 0 Å². The Morgan fingerprint density at radius 3 is 2.45 bits per heavy atom. The number of hydrogen-bond acceptors (Lipinski definition) is 3. The topological polar surface area (TPSA) is 48.1 Å². The molecule has 0 aliphatic rings. The minimum atomic E-state index is -4.66. The Morgan fingerprint density at radius 1 is 1.10 bits per heavy atom. The first-order chi connectivity index (χ1) is 9.27. The monoisotopic (exact) mass is 290 g/mol. The third kappa shape index (κ3) is 2.95. The zero-order chi connectivity index (χ0) is 14.9. The molecule has 1 aromatic heterocycles. The summed E-state index contributed by atoms with van der Waals surface area (Å²) in [5.41, 5.74) is 4.12. The molecule has 0 bridgehead atoms. The fourth-order valence-electron chi connectivity index (χ4n) is 1.42. The normalized spacial score (nSPS) is 11.4. The van der Waals surface area contributed by atoms with Gasteiger partial charge in [0.2, 0.25) is 11.7 Å². The average molecular weight is 290 g/mol. The Balaban J connectivity index is 2.39. The second kappa shape index (κ2) is 4.95. The fourth-order valence-corrected chi connectivity index (χ4v) is 1.42. The Labute approximate surface area is 109 Å². The van der Waals surface area contributed by atoms with E-state index in [-0.39, 0.29) is 0 Å². The first-order valence-electron chi connectivity index (χ1n) is 5.24. The summed E-state index contributed by atoms with van der Waals surface area (Å²) in [5, 5.41) is 0. The van der Waals surface area contributed by atoms with Crippen LogP contribution in [0.15, 0.2) is 30.3 Å². The van der Waals surface area contributed by atoms with Crippen LogP contribution in [-0.2, 0) is 6.18 Å². The molecule has 1 aromatic carbocycles. The summed E-state index contributed by atoms with van der Waals surface area (Å²) in [7, 11) is 0. The number of aromatic nitrogens is 1. The van der Waals surface area contributed by atoms with Crippen LogP contribution in [0.25, 0.3) is 0 Å². The van der Waals surface area contributed by atoms with Gasteiger partial charge in [-0.05, 0) is 18.2 Å². The molecule has 2 rings (SSSR count). The number of benzene rings is 1. The fraction of sp³-hybridized carbons (Fsp3) is 0.0833. The lowest BCUT2D eigenvalue weighted by Gasteiger charge is -2.11. The van der Waals surface area contributed by atoms with Gasteiger partial charge in [-0.15, -0.1) is 0 Å². The Hall–Kier alpha value is -2.38. The number of nitrogens with two attached hydrogens (primary N) is 1. The highest BCUT2D eigenvalue weighted by Gasteiger charge is 2.32. The number of ether oxygens (including phenoxy) is 1. The van der Waals surface area contributed by atoms with E-state index in [0.29, 0.717) is 12.1 Å². The molecule has 1 heterocycles. The molecule has 2 N–H and O–H groups in total. The van der Waals surface area contributed by atoms with E-state index in [0.717, 1.165) is 18.2 Å². The molecule has 0 atom stereocenters. The van der Waals surface area contributed by atoms with E-state index >= 15 is 0 Å². The van der Waals surface area contributed by atoms with E-state index in [9.17, 15) is 22.0 Å². The molecule has 0 amide bonds. The summed E-state index contributed by atoms with van der Waals surface area (Å²) < 4.78 is 68.8. The lowest BCUT2D eigenvalue weighted by atomic mass is 10.2. The summed E-state index contributed by atoms with van der Waals surface area (Å²) in [6.07, 6.45) is -4.66. The molecule has 8 heteroatoms. The first kappa shape index (κ1) is 14.0. The van der Waals surface area contributed by atoms with Gasteiger partial charge in [0.15, 0.2) is 11.6 Å². The van der Waals surface area contributed by atoms with Gasteiger partial charge in [-0.1, -0.05) is 6.07 Å². The highest BCUT2D eigenvalue weighted by atomic mass is 19.4. The highest BCUT2D eigenvalue weighted by Crippen LogP contribution is 2.33. The SMILES string of the molecule is Nc1cc(C(F)(F)F)cc(Oc2cccc(F)c2F)n1. The molecule has 0 aliphatic carbocycles. The Kier molecular flexibility index (Phi) is 3.47. The number of rotatable bonds is 2. The van der Waals surface area contributed by atoms with Gasteiger partial charge in [-0.25, -0.2) is 4.39 Å². The second-order valence-electron chi connectivity index (χ2n) is 3.77. The molecule has 2 aromatic rings. The van der Waals surface area contributed by atoms with Crippen molar-refractivity contribution in [1.29, 1.82) is 0 Å². The predicted molar refractivity (Wildman–Crippen MR) is 60.1 cm³/mol. The van der Waals surface area contributed by atoms with E-state index in [2.05, 4.69) is 4.98 Å². The van der Waals surface area contributed by atoms with E-state index < -0.39 is 40.8 Å². The molecule has 0 radical (unpaired) electrons. The van der Waals surface area contributed by atoms with Gasteiger partial charge in [-0.2, -0.15) is 22.5 Å². The number of alkyl halides is 3. The summed E-state index contributed by atoms with van der Waals surface area (Å²) in [6.45, 7) is 0. The van der Waals surface area contributed by atoms with Crippen molar-refractivity contribution < 1.29 is 26.7 Å². The van der Waals surface area contributed by atoms with Crippen molar-refractivity contribution in [3.05, 3.63) is 47.5 Å². The van der Waals surface area contributed by atoms with Crippen LogP contribution in [-0.4, -0.2) is 4.98 Å². The number of nitrogens with zero attached hydrogens (tertiary/aromatic N) is 1. The van der Waals surface area contributed by atoms with Crippen LogP contribution in [0.5, 0.6) is 11.6 Å². The van der Waals surface area contributed by atoms with Gasteiger partial charge in [0.05, 0.1) is 5.56 Å². The largest absolute Gasteiger partial charge is 0.436 e. The zero-order valence-electron chi connectivity index (χ0n) is 9.71. The summed E-state index contributed by atoms with van der Waals surface area (Å²) in [6, 6.07) is 4.19. The number of hydrogen-bond donors (Lipinski definition) is 1. The van der Waals surface area contributed by atoms with Gasteiger partial charge < -0.3 is 10.5 Å². The van der Waals surface area contributed by atoms with Crippen LogP contribution in [0, 0.1) is 11.6 Å². The van der Waals surface area contributed by atoms with Crippen LogP contribution in [0.3, 0.4) is 0 Å². The van der Waals surface area contributed by atoms with Crippen LogP contribution in [0.2, 0.25) is 0 Å². The third-order valence-corrected chi connectivity index (χ3v) is 2.28. The predicted octanol–water partition coefficient (Wildman–Crippen LogP) is 3.75. The van der Waals surface area contributed by atoms with Crippen molar-refractivity contribution in [2.45, 2.75) is 6.18 Å². The van der Waals surface area contributed by atoms with Crippen molar-refractivity contribution in [3.8, 4) is 11.6 Å². The van der Waals surface area contributed by atoms with Crippen molar-refractivity contribution in [1.82, 2.24) is 4.98 Å². The quantitative estimate of drug-likeness (QED) is 0.857. The molecule has 0 fully saturated rings. The van der Waals surface area contributed by atoms with Crippen molar-refractivity contribution in [2.75, 3.05) is 5.73 Å². The van der Waals surface area contributed by atoms with Crippen molar-refractivity contribution in [3.63, 3.8) is 0 Å². The number of anilines is 1. The van der Waals surface area contributed by atoms with Gasteiger partial charge in [-0.3, -0.25) is 0 Å². The summed E-state index contributed by atoms with van der Waals surface area (Å²) >= 11 is 0. The second-order valence-corrected chi connectivity index (χ2v) is 3.77. The Bertz CT molecular complexity index is 642.